The monoisotopic (exact) mass is 213 g/mol. The number of Topliss-reactive ketones (excluding diaryl/α,β-unsaturated/α-hetero) is 1. The highest BCUT2D eigenvalue weighted by Crippen LogP contribution is 2.08. The van der Waals surface area contributed by atoms with E-state index in [0.717, 1.165) is 6.26 Å². The predicted octanol–water partition coefficient (Wildman–Crippen LogP) is 0.617. The summed E-state index contributed by atoms with van der Waals surface area (Å²) in [6, 6.07) is 3.06. The van der Waals surface area contributed by atoms with Crippen LogP contribution in [0.15, 0.2) is 23.4 Å². The molecule has 0 spiro atoms. The van der Waals surface area contributed by atoms with E-state index in [0.29, 0.717) is 5.56 Å². The van der Waals surface area contributed by atoms with Crippen molar-refractivity contribution in [2.75, 3.05) is 6.26 Å². The van der Waals surface area contributed by atoms with Gasteiger partial charge in [-0.1, -0.05) is 0 Å². The van der Waals surface area contributed by atoms with Gasteiger partial charge in [0.25, 0.3) is 0 Å². The molecule has 76 valence electrons. The Labute approximate surface area is 82.9 Å². The van der Waals surface area contributed by atoms with Crippen molar-refractivity contribution < 1.29 is 13.2 Å². The summed E-state index contributed by atoms with van der Waals surface area (Å²) in [5, 5.41) is 0.0104. The summed E-state index contributed by atoms with van der Waals surface area (Å²) in [7, 11) is -3.28. The number of carbonyl (C=O) groups excluding carboxylic acids is 1. The Bertz CT molecular complexity index is 451. The molecule has 4 nitrogen and oxygen atoms in total. The second-order valence-electron chi connectivity index (χ2n) is 3.15. The zero-order valence-electron chi connectivity index (χ0n) is 8.02. The van der Waals surface area contributed by atoms with Crippen LogP contribution in [-0.2, 0) is 21.1 Å². The number of nitrogens with zero attached hydrogens (tertiary/aromatic N) is 1. The van der Waals surface area contributed by atoms with E-state index in [1.807, 2.05) is 0 Å². The molecular weight excluding hydrogens is 202 g/mol. The fourth-order valence-electron chi connectivity index (χ4n) is 1.05. The number of hydrogen-bond donors (Lipinski definition) is 0. The lowest BCUT2D eigenvalue weighted by Gasteiger charge is -2.00. The molecule has 0 atom stereocenters. The van der Waals surface area contributed by atoms with Crippen LogP contribution in [0.5, 0.6) is 0 Å². The molecule has 1 aromatic heterocycles. The van der Waals surface area contributed by atoms with Crippen LogP contribution >= 0.6 is 0 Å². The van der Waals surface area contributed by atoms with Crippen molar-refractivity contribution in [1.29, 1.82) is 0 Å². The Morgan fingerprint density at radius 1 is 1.50 bits per heavy atom. The van der Waals surface area contributed by atoms with Gasteiger partial charge in [-0.3, -0.25) is 4.79 Å². The Balaban J connectivity index is 3.08. The third-order valence-corrected chi connectivity index (χ3v) is 2.62. The summed E-state index contributed by atoms with van der Waals surface area (Å²) in [4.78, 5) is 14.5. The minimum atomic E-state index is -3.28. The predicted molar refractivity (Wildman–Crippen MR) is 51.7 cm³/mol. The molecule has 5 heteroatoms. The number of hydrogen-bond acceptors (Lipinski definition) is 4. The summed E-state index contributed by atoms with van der Waals surface area (Å²) < 4.78 is 22.2. The number of sulfone groups is 1. The van der Waals surface area contributed by atoms with Gasteiger partial charge in [0.2, 0.25) is 0 Å². The number of pyridine rings is 1. The smallest absolute Gasteiger partial charge is 0.192 e. The van der Waals surface area contributed by atoms with Crippen molar-refractivity contribution in [2.45, 2.75) is 18.4 Å². The molecule has 0 N–H and O–H groups in total. The van der Waals surface area contributed by atoms with Crippen molar-refractivity contribution in [2.24, 2.45) is 0 Å². The number of aromatic nitrogens is 1. The van der Waals surface area contributed by atoms with E-state index in [9.17, 15) is 13.2 Å². The van der Waals surface area contributed by atoms with Crippen LogP contribution < -0.4 is 0 Å². The maximum Gasteiger partial charge on any atom is 0.192 e. The molecule has 0 aromatic carbocycles. The maximum absolute atomic E-state index is 11.1. The maximum atomic E-state index is 11.1. The first kappa shape index (κ1) is 10.8. The van der Waals surface area contributed by atoms with E-state index >= 15 is 0 Å². The van der Waals surface area contributed by atoms with Gasteiger partial charge < -0.3 is 0 Å². The van der Waals surface area contributed by atoms with Crippen LogP contribution in [0.1, 0.15) is 12.5 Å². The highest BCUT2D eigenvalue weighted by molar-refractivity contribution is 7.90. The fourth-order valence-corrected chi connectivity index (χ4v) is 1.67. The van der Waals surface area contributed by atoms with Gasteiger partial charge in [0.15, 0.2) is 14.9 Å². The van der Waals surface area contributed by atoms with Crippen LogP contribution in [0.2, 0.25) is 0 Å². The molecular formula is C9H11NO3S. The van der Waals surface area contributed by atoms with Gasteiger partial charge in [0.05, 0.1) is 0 Å². The van der Waals surface area contributed by atoms with Gasteiger partial charge in [-0.05, 0) is 24.6 Å². The van der Waals surface area contributed by atoms with Crippen LogP contribution in [-0.4, -0.2) is 25.4 Å². The van der Waals surface area contributed by atoms with Gasteiger partial charge in [0.1, 0.15) is 5.78 Å². The van der Waals surface area contributed by atoms with Gasteiger partial charge in [-0.25, -0.2) is 13.4 Å². The SMILES string of the molecule is CC(=O)Cc1ccnc(S(C)(=O)=O)c1. The Kier molecular flexibility index (Phi) is 3.00. The second kappa shape index (κ2) is 3.88. The molecule has 0 aliphatic heterocycles. The van der Waals surface area contributed by atoms with Gasteiger partial charge >= 0.3 is 0 Å². The van der Waals surface area contributed by atoms with Crippen LogP contribution in [0.4, 0.5) is 0 Å². The largest absolute Gasteiger partial charge is 0.300 e. The average Bonchev–Trinajstić information content (AvgIpc) is 2.01. The molecule has 1 rings (SSSR count). The Hall–Kier alpha value is -1.23. The number of rotatable bonds is 3. The fraction of sp³-hybridized carbons (Fsp3) is 0.333. The van der Waals surface area contributed by atoms with E-state index < -0.39 is 9.84 Å². The molecule has 0 aliphatic rings. The van der Waals surface area contributed by atoms with Gasteiger partial charge in [-0.2, -0.15) is 0 Å². The topological polar surface area (TPSA) is 64.1 Å². The summed E-state index contributed by atoms with van der Waals surface area (Å²) in [6.07, 6.45) is 2.73. The average molecular weight is 213 g/mol. The van der Waals surface area contributed by atoms with Crippen molar-refractivity contribution in [1.82, 2.24) is 4.98 Å². The van der Waals surface area contributed by atoms with E-state index in [-0.39, 0.29) is 17.2 Å². The standard InChI is InChI=1S/C9H11NO3S/c1-7(11)5-8-3-4-10-9(6-8)14(2,12)13/h3-4,6H,5H2,1-2H3. The van der Waals surface area contributed by atoms with Crippen LogP contribution in [0.3, 0.4) is 0 Å². The summed E-state index contributed by atoms with van der Waals surface area (Å²) >= 11 is 0. The van der Waals surface area contributed by atoms with E-state index in [4.69, 9.17) is 0 Å². The highest BCUT2D eigenvalue weighted by atomic mass is 32.2. The molecule has 0 unspecified atom stereocenters. The molecule has 0 bridgehead atoms. The summed E-state index contributed by atoms with van der Waals surface area (Å²) in [5.41, 5.74) is 0.674. The molecule has 1 heterocycles. The highest BCUT2D eigenvalue weighted by Gasteiger charge is 2.09. The minimum absolute atomic E-state index is 0.00403. The van der Waals surface area contributed by atoms with Gasteiger partial charge in [-0.15, -0.1) is 0 Å². The first-order valence-corrected chi connectivity index (χ1v) is 5.93. The molecule has 0 saturated heterocycles. The lowest BCUT2D eigenvalue weighted by atomic mass is 10.1. The Morgan fingerprint density at radius 2 is 2.14 bits per heavy atom. The first-order chi connectivity index (χ1) is 6.39. The zero-order chi connectivity index (χ0) is 10.8. The molecule has 0 aliphatic carbocycles. The zero-order valence-corrected chi connectivity index (χ0v) is 8.84. The summed E-state index contributed by atoms with van der Waals surface area (Å²) in [6.45, 7) is 1.46. The molecule has 0 fully saturated rings. The quantitative estimate of drug-likeness (QED) is 0.738. The van der Waals surface area contributed by atoms with E-state index in [1.165, 1.54) is 19.2 Å². The van der Waals surface area contributed by atoms with E-state index in [1.54, 1.807) is 6.07 Å². The Morgan fingerprint density at radius 3 is 2.64 bits per heavy atom. The third kappa shape index (κ3) is 2.92. The molecule has 0 saturated carbocycles. The van der Waals surface area contributed by atoms with Crippen molar-refractivity contribution in [3.63, 3.8) is 0 Å². The van der Waals surface area contributed by atoms with Crippen molar-refractivity contribution >= 4 is 15.6 Å². The second-order valence-corrected chi connectivity index (χ2v) is 5.12. The third-order valence-electron chi connectivity index (χ3n) is 1.63. The minimum Gasteiger partial charge on any atom is -0.300 e. The van der Waals surface area contributed by atoms with Crippen LogP contribution in [0.25, 0.3) is 0 Å². The normalized spacial score (nSPS) is 11.3. The molecule has 14 heavy (non-hydrogen) atoms. The molecule has 0 amide bonds. The van der Waals surface area contributed by atoms with Crippen molar-refractivity contribution in [3.8, 4) is 0 Å². The molecule has 1 aromatic rings. The number of carbonyl (C=O) groups is 1. The lowest BCUT2D eigenvalue weighted by Crippen LogP contribution is -2.03. The van der Waals surface area contributed by atoms with Crippen molar-refractivity contribution in [3.05, 3.63) is 23.9 Å². The van der Waals surface area contributed by atoms with Crippen LogP contribution in [0, 0.1) is 0 Å². The van der Waals surface area contributed by atoms with Gasteiger partial charge in [0, 0.05) is 18.9 Å². The van der Waals surface area contributed by atoms with E-state index in [2.05, 4.69) is 4.98 Å². The first-order valence-electron chi connectivity index (χ1n) is 4.04. The number of ketones is 1. The lowest BCUT2D eigenvalue weighted by molar-refractivity contribution is -0.116. The summed E-state index contributed by atoms with van der Waals surface area (Å²) in [5.74, 6) is -0.00403. The molecule has 0 radical (unpaired) electrons.